The van der Waals surface area contributed by atoms with Crippen LogP contribution < -0.4 is 0 Å². The van der Waals surface area contributed by atoms with Crippen LogP contribution in [0, 0.1) is 38.2 Å². The summed E-state index contributed by atoms with van der Waals surface area (Å²) in [5.41, 5.74) is 0. The molecular weight excluding hydrogens is 286 g/mol. The number of halogens is 1. The first kappa shape index (κ1) is 9.58. The van der Waals surface area contributed by atoms with Gasteiger partial charge in [0.1, 0.15) is 5.75 Å². The number of hydrogen-bond acceptors (Lipinski definition) is 1. The molecule has 0 amide bonds. The van der Waals surface area contributed by atoms with E-state index in [4.69, 9.17) is 16.7 Å². The van der Waals surface area contributed by atoms with Gasteiger partial charge in [-0.3, -0.25) is 0 Å². The Kier molecular flexibility index (Phi) is 4.69. The molecule has 1 aromatic carbocycles. The van der Waals surface area contributed by atoms with Gasteiger partial charge in [0.25, 0.3) is 0 Å². The van der Waals surface area contributed by atoms with E-state index in [1.54, 1.807) is 24.3 Å². The van der Waals surface area contributed by atoms with Crippen LogP contribution in [-0.4, -0.2) is 5.11 Å². The second-order valence-electron chi connectivity index (χ2n) is 1.48. The van der Waals surface area contributed by atoms with Crippen LogP contribution in [0.1, 0.15) is 0 Å². The molecule has 0 saturated carbocycles. The second kappa shape index (κ2) is 4.41. The van der Waals surface area contributed by atoms with Crippen LogP contribution in [-0.2, 0) is 0 Å². The fourth-order valence-electron chi connectivity index (χ4n) is 0.441. The molecule has 1 aromatic rings. The van der Waals surface area contributed by atoms with Crippen molar-refractivity contribution in [1.29, 1.82) is 0 Å². The van der Waals surface area contributed by atoms with Gasteiger partial charge in [0.05, 0.1) is 0 Å². The van der Waals surface area contributed by atoms with E-state index < -0.39 is 0 Å². The Bertz CT molecular complexity index is 152. The van der Waals surface area contributed by atoms with E-state index in [0.29, 0.717) is 5.02 Å². The van der Waals surface area contributed by atoms with Gasteiger partial charge >= 0.3 is 0 Å². The zero-order chi connectivity index (χ0) is 5.98. The van der Waals surface area contributed by atoms with E-state index >= 15 is 0 Å². The van der Waals surface area contributed by atoms with Gasteiger partial charge < -0.3 is 5.11 Å². The summed E-state index contributed by atoms with van der Waals surface area (Å²) in [6, 6.07) is 6.36. The molecule has 0 aliphatic heterocycles. The number of phenolic OH excluding ortho intramolecular Hbond substituents is 1. The average molecular weight is 291 g/mol. The predicted octanol–water partition coefficient (Wildman–Crippen LogP) is 2.05. The standard InChI is InChI=1S/C6H5ClO.Dy/c7-5-1-3-6(8)4-2-5;/h1-4,8H;. The Morgan fingerprint density at radius 3 is 1.89 bits per heavy atom. The van der Waals surface area contributed by atoms with Crippen molar-refractivity contribution in [3.8, 4) is 5.75 Å². The van der Waals surface area contributed by atoms with Crippen LogP contribution in [0.2, 0.25) is 5.02 Å². The Morgan fingerprint density at radius 1 is 1.11 bits per heavy atom. The first-order valence-corrected chi connectivity index (χ1v) is 2.61. The molecule has 0 bridgehead atoms. The summed E-state index contributed by atoms with van der Waals surface area (Å²) < 4.78 is 0. The summed E-state index contributed by atoms with van der Waals surface area (Å²) in [7, 11) is 0. The number of benzene rings is 1. The van der Waals surface area contributed by atoms with E-state index in [1.165, 1.54) is 0 Å². The molecule has 0 fully saturated rings. The number of aromatic hydroxyl groups is 1. The third-order valence-electron chi connectivity index (χ3n) is 0.827. The number of rotatable bonds is 0. The van der Waals surface area contributed by atoms with Crippen molar-refractivity contribution in [2.75, 3.05) is 0 Å². The molecule has 1 nitrogen and oxygen atoms in total. The Morgan fingerprint density at radius 2 is 1.56 bits per heavy atom. The zero-order valence-corrected chi connectivity index (χ0v) is 7.24. The smallest absolute Gasteiger partial charge is 0.115 e. The van der Waals surface area contributed by atoms with Crippen molar-refractivity contribution in [3.63, 3.8) is 0 Å². The molecule has 0 unspecified atom stereocenters. The summed E-state index contributed by atoms with van der Waals surface area (Å²) in [6.07, 6.45) is 0. The van der Waals surface area contributed by atoms with Crippen LogP contribution in [0.4, 0.5) is 0 Å². The van der Waals surface area contributed by atoms with Gasteiger partial charge in [0.2, 0.25) is 0 Å². The molecular formula is C6H5ClDyO. The van der Waals surface area contributed by atoms with Gasteiger partial charge in [-0.2, -0.15) is 0 Å². The minimum atomic E-state index is 0. The minimum Gasteiger partial charge on any atom is -0.508 e. The second-order valence-corrected chi connectivity index (χ2v) is 1.91. The normalized spacial score (nSPS) is 8.11. The summed E-state index contributed by atoms with van der Waals surface area (Å²) in [6.45, 7) is 0. The molecule has 1 N–H and O–H groups in total. The van der Waals surface area contributed by atoms with Gasteiger partial charge in [0.15, 0.2) is 0 Å². The van der Waals surface area contributed by atoms with E-state index in [1.807, 2.05) is 0 Å². The SMILES string of the molecule is Oc1ccc(Cl)cc1.[Dy]. The van der Waals surface area contributed by atoms with Crippen molar-refractivity contribution in [1.82, 2.24) is 0 Å². The molecule has 0 atom stereocenters. The molecule has 52 valence electrons. The Hall–Kier alpha value is 0.583. The molecule has 3 heteroatoms. The molecule has 0 heterocycles. The first-order chi connectivity index (χ1) is 3.79. The van der Waals surface area contributed by atoms with Crippen LogP contribution >= 0.6 is 11.6 Å². The molecule has 0 aromatic heterocycles. The van der Waals surface area contributed by atoms with Gasteiger partial charge in [-0.15, -0.1) is 0 Å². The topological polar surface area (TPSA) is 20.2 Å². The Labute approximate surface area is 89.1 Å². The Balaban J connectivity index is 0.000000640. The summed E-state index contributed by atoms with van der Waals surface area (Å²) in [4.78, 5) is 0. The van der Waals surface area contributed by atoms with Crippen molar-refractivity contribution in [3.05, 3.63) is 29.3 Å². The molecule has 0 radical (unpaired) electrons. The van der Waals surface area contributed by atoms with Crippen molar-refractivity contribution < 1.29 is 43.3 Å². The first-order valence-electron chi connectivity index (χ1n) is 2.23. The van der Waals surface area contributed by atoms with Crippen LogP contribution in [0.15, 0.2) is 24.3 Å². The van der Waals surface area contributed by atoms with Crippen LogP contribution in [0.25, 0.3) is 0 Å². The minimum absolute atomic E-state index is 0. The molecule has 0 aliphatic rings. The van der Waals surface area contributed by atoms with E-state index in [0.717, 1.165) is 0 Å². The van der Waals surface area contributed by atoms with Crippen LogP contribution in [0.3, 0.4) is 0 Å². The maximum Gasteiger partial charge on any atom is 0.115 e. The summed E-state index contributed by atoms with van der Waals surface area (Å²) >= 11 is 5.50. The molecule has 0 saturated heterocycles. The molecule has 0 aliphatic carbocycles. The van der Waals surface area contributed by atoms with E-state index in [9.17, 15) is 0 Å². The number of hydrogen-bond donors (Lipinski definition) is 1. The zero-order valence-electron chi connectivity index (χ0n) is 4.45. The van der Waals surface area contributed by atoms with Crippen LogP contribution in [0.5, 0.6) is 5.75 Å². The van der Waals surface area contributed by atoms with Crippen molar-refractivity contribution in [2.45, 2.75) is 0 Å². The quantitative estimate of drug-likeness (QED) is 0.775. The van der Waals surface area contributed by atoms with Crippen molar-refractivity contribution >= 4 is 11.6 Å². The largest absolute Gasteiger partial charge is 0.508 e. The fraction of sp³-hybridized carbons (Fsp3) is 0. The summed E-state index contributed by atoms with van der Waals surface area (Å²) in [5.74, 6) is 0.245. The maximum atomic E-state index is 8.70. The van der Waals surface area contributed by atoms with Gasteiger partial charge in [-0.25, -0.2) is 0 Å². The fourth-order valence-corrected chi connectivity index (χ4v) is 0.567. The van der Waals surface area contributed by atoms with Crippen molar-refractivity contribution in [2.24, 2.45) is 0 Å². The average Bonchev–Trinajstić information content (AvgIpc) is 1.77. The molecule has 1 rings (SSSR count). The molecule has 0 spiro atoms. The van der Waals surface area contributed by atoms with E-state index in [2.05, 4.69) is 0 Å². The van der Waals surface area contributed by atoms with E-state index in [-0.39, 0.29) is 43.9 Å². The van der Waals surface area contributed by atoms with Gasteiger partial charge in [-0.1, -0.05) is 11.6 Å². The maximum absolute atomic E-state index is 8.70. The monoisotopic (exact) mass is 292 g/mol. The third-order valence-corrected chi connectivity index (χ3v) is 1.08. The predicted molar refractivity (Wildman–Crippen MR) is 33.1 cm³/mol. The summed E-state index contributed by atoms with van der Waals surface area (Å²) in [5, 5.41) is 9.34. The molecule has 9 heavy (non-hydrogen) atoms. The van der Waals surface area contributed by atoms with Gasteiger partial charge in [-0.05, 0) is 24.3 Å². The number of phenols is 1. The van der Waals surface area contributed by atoms with Gasteiger partial charge in [0, 0.05) is 43.2 Å². The third kappa shape index (κ3) is 3.32.